The van der Waals surface area contributed by atoms with Crippen LogP contribution in [0.25, 0.3) is 0 Å². The monoisotopic (exact) mass is 479 g/mol. The molecular formula is C11H19I2N3S. The number of hydrogen-bond acceptors (Lipinski definition) is 2. The van der Waals surface area contributed by atoms with Crippen LogP contribution in [0.3, 0.4) is 0 Å². The van der Waals surface area contributed by atoms with Crippen LogP contribution in [0.1, 0.15) is 18.7 Å². The first-order valence-corrected chi connectivity index (χ1v) is 7.25. The van der Waals surface area contributed by atoms with Crippen LogP contribution in [0.2, 0.25) is 0 Å². The van der Waals surface area contributed by atoms with Crippen molar-refractivity contribution in [3.63, 3.8) is 0 Å². The number of nitrogens with two attached hydrogens (primary N) is 1. The average molecular weight is 479 g/mol. The topological polar surface area (TPSA) is 50.4 Å². The van der Waals surface area contributed by atoms with E-state index < -0.39 is 0 Å². The molecule has 0 saturated heterocycles. The Labute approximate surface area is 138 Å². The van der Waals surface area contributed by atoms with Gasteiger partial charge in [0.1, 0.15) is 0 Å². The lowest BCUT2D eigenvalue weighted by Crippen LogP contribution is -2.33. The number of nitrogens with zero attached hydrogens (tertiary/aromatic N) is 1. The molecule has 17 heavy (non-hydrogen) atoms. The largest absolute Gasteiger partial charge is 0.370 e. The van der Waals surface area contributed by atoms with Gasteiger partial charge in [0.05, 0.1) is 2.88 Å². The number of aliphatic imine (C=N–C) groups is 1. The van der Waals surface area contributed by atoms with Crippen LogP contribution in [0.4, 0.5) is 0 Å². The van der Waals surface area contributed by atoms with Crippen molar-refractivity contribution < 1.29 is 0 Å². The molecule has 1 aromatic rings. The summed E-state index contributed by atoms with van der Waals surface area (Å²) in [7, 11) is 0. The molecule has 0 aliphatic carbocycles. The van der Waals surface area contributed by atoms with E-state index >= 15 is 0 Å². The van der Waals surface area contributed by atoms with Gasteiger partial charge in [-0.25, -0.2) is 0 Å². The van der Waals surface area contributed by atoms with Crippen molar-refractivity contribution in [1.29, 1.82) is 0 Å². The fraction of sp³-hybridized carbons (Fsp3) is 0.545. The summed E-state index contributed by atoms with van der Waals surface area (Å²) in [5, 5.41) is 3.13. The minimum atomic E-state index is 0. The minimum absolute atomic E-state index is 0. The summed E-state index contributed by atoms with van der Waals surface area (Å²) >= 11 is 4.16. The molecule has 0 aliphatic rings. The zero-order valence-electron chi connectivity index (χ0n) is 10.1. The molecule has 0 atom stereocenters. The SMILES string of the molecule is CC(C)CN=C(N)NCCc1ccc(I)s1.I. The summed E-state index contributed by atoms with van der Waals surface area (Å²) in [4.78, 5) is 5.63. The van der Waals surface area contributed by atoms with Gasteiger partial charge in [0, 0.05) is 18.0 Å². The van der Waals surface area contributed by atoms with Crippen LogP contribution in [-0.4, -0.2) is 19.0 Å². The Morgan fingerprint density at radius 1 is 1.53 bits per heavy atom. The van der Waals surface area contributed by atoms with E-state index in [0.29, 0.717) is 11.9 Å². The maximum Gasteiger partial charge on any atom is 0.188 e. The summed E-state index contributed by atoms with van der Waals surface area (Å²) in [6, 6.07) is 4.30. The molecule has 98 valence electrons. The Bertz CT molecular complexity index is 350. The van der Waals surface area contributed by atoms with Crippen molar-refractivity contribution in [2.45, 2.75) is 20.3 Å². The zero-order chi connectivity index (χ0) is 12.0. The van der Waals surface area contributed by atoms with Crippen molar-refractivity contribution in [1.82, 2.24) is 5.32 Å². The number of rotatable bonds is 5. The molecular weight excluding hydrogens is 460 g/mol. The molecule has 3 nitrogen and oxygen atoms in total. The Morgan fingerprint density at radius 2 is 2.24 bits per heavy atom. The molecule has 1 rings (SSSR count). The molecule has 0 radical (unpaired) electrons. The number of nitrogens with one attached hydrogen (secondary N) is 1. The van der Waals surface area contributed by atoms with Gasteiger partial charge in [-0.15, -0.1) is 35.3 Å². The summed E-state index contributed by atoms with van der Waals surface area (Å²) in [6.45, 7) is 5.90. The minimum Gasteiger partial charge on any atom is -0.370 e. The van der Waals surface area contributed by atoms with Crippen molar-refractivity contribution in [2.75, 3.05) is 13.1 Å². The van der Waals surface area contributed by atoms with Crippen LogP contribution in [0.15, 0.2) is 17.1 Å². The fourth-order valence-electron chi connectivity index (χ4n) is 1.14. The Balaban J connectivity index is 0.00000256. The highest BCUT2D eigenvalue weighted by Gasteiger charge is 1.98. The lowest BCUT2D eigenvalue weighted by atomic mass is 10.2. The first-order chi connectivity index (χ1) is 7.58. The van der Waals surface area contributed by atoms with Gasteiger partial charge in [-0.1, -0.05) is 13.8 Å². The third kappa shape index (κ3) is 8.20. The van der Waals surface area contributed by atoms with Gasteiger partial charge in [-0.3, -0.25) is 4.99 Å². The molecule has 0 fully saturated rings. The van der Waals surface area contributed by atoms with E-state index in [4.69, 9.17) is 5.73 Å². The van der Waals surface area contributed by atoms with Crippen LogP contribution in [0, 0.1) is 8.80 Å². The highest BCUT2D eigenvalue weighted by atomic mass is 127. The zero-order valence-corrected chi connectivity index (χ0v) is 15.4. The van der Waals surface area contributed by atoms with Crippen molar-refractivity contribution in [2.24, 2.45) is 16.6 Å². The van der Waals surface area contributed by atoms with Gasteiger partial charge in [0.25, 0.3) is 0 Å². The van der Waals surface area contributed by atoms with E-state index in [9.17, 15) is 0 Å². The van der Waals surface area contributed by atoms with E-state index in [2.05, 4.69) is 58.9 Å². The molecule has 3 N–H and O–H groups in total. The smallest absolute Gasteiger partial charge is 0.188 e. The lowest BCUT2D eigenvalue weighted by Gasteiger charge is -2.05. The van der Waals surface area contributed by atoms with Crippen LogP contribution >= 0.6 is 57.9 Å². The summed E-state index contributed by atoms with van der Waals surface area (Å²) in [5.74, 6) is 1.11. The third-order valence-electron chi connectivity index (χ3n) is 1.93. The lowest BCUT2D eigenvalue weighted by molar-refractivity contribution is 0.661. The van der Waals surface area contributed by atoms with Crippen LogP contribution in [-0.2, 0) is 6.42 Å². The van der Waals surface area contributed by atoms with E-state index in [-0.39, 0.29) is 24.0 Å². The highest BCUT2D eigenvalue weighted by molar-refractivity contribution is 14.1. The van der Waals surface area contributed by atoms with Crippen molar-refractivity contribution >= 4 is 63.9 Å². The van der Waals surface area contributed by atoms with Crippen molar-refractivity contribution in [3.05, 3.63) is 19.9 Å². The van der Waals surface area contributed by atoms with Gasteiger partial charge in [0.2, 0.25) is 0 Å². The molecule has 0 aromatic carbocycles. The molecule has 0 bridgehead atoms. The first kappa shape index (κ1) is 17.4. The quantitative estimate of drug-likeness (QED) is 0.388. The molecule has 1 aromatic heterocycles. The van der Waals surface area contributed by atoms with Crippen LogP contribution < -0.4 is 11.1 Å². The van der Waals surface area contributed by atoms with E-state index in [1.165, 1.54) is 7.76 Å². The number of thiophene rings is 1. The maximum atomic E-state index is 5.73. The van der Waals surface area contributed by atoms with Gasteiger partial charge in [-0.05, 0) is 47.1 Å². The predicted molar refractivity (Wildman–Crippen MR) is 95.5 cm³/mol. The summed E-state index contributed by atoms with van der Waals surface area (Å²) in [6.07, 6.45) is 1.01. The van der Waals surface area contributed by atoms with Crippen LogP contribution in [0.5, 0.6) is 0 Å². The molecule has 0 amide bonds. The number of guanidine groups is 1. The van der Waals surface area contributed by atoms with E-state index in [0.717, 1.165) is 19.5 Å². The molecule has 0 aliphatic heterocycles. The van der Waals surface area contributed by atoms with Gasteiger partial charge in [-0.2, -0.15) is 0 Å². The number of hydrogen-bond donors (Lipinski definition) is 2. The summed E-state index contributed by atoms with van der Waals surface area (Å²) < 4.78 is 1.33. The van der Waals surface area contributed by atoms with E-state index in [1.807, 2.05) is 11.3 Å². The fourth-order valence-corrected chi connectivity index (χ4v) is 2.89. The second-order valence-electron chi connectivity index (χ2n) is 4.00. The Kier molecular flexibility index (Phi) is 9.61. The summed E-state index contributed by atoms with van der Waals surface area (Å²) in [5.41, 5.74) is 5.73. The predicted octanol–water partition coefficient (Wildman–Crippen LogP) is 3.07. The first-order valence-electron chi connectivity index (χ1n) is 5.36. The Morgan fingerprint density at radius 3 is 2.76 bits per heavy atom. The Hall–Kier alpha value is 0.430. The van der Waals surface area contributed by atoms with Gasteiger partial charge in [0.15, 0.2) is 5.96 Å². The van der Waals surface area contributed by atoms with Crippen molar-refractivity contribution in [3.8, 4) is 0 Å². The normalized spacial score (nSPS) is 11.4. The third-order valence-corrected chi connectivity index (χ3v) is 3.89. The van der Waals surface area contributed by atoms with Gasteiger partial charge < -0.3 is 11.1 Å². The highest BCUT2D eigenvalue weighted by Crippen LogP contribution is 2.18. The average Bonchev–Trinajstić information content (AvgIpc) is 2.61. The molecule has 0 unspecified atom stereocenters. The number of halogens is 2. The van der Waals surface area contributed by atoms with E-state index in [1.54, 1.807) is 0 Å². The molecule has 1 heterocycles. The maximum absolute atomic E-state index is 5.73. The molecule has 6 heteroatoms. The standard InChI is InChI=1S/C11H18IN3S.HI/c1-8(2)7-15-11(13)14-6-5-9-3-4-10(12)16-9;/h3-4,8H,5-7H2,1-2H3,(H3,13,14,15);1H. The van der Waals surface area contributed by atoms with Gasteiger partial charge >= 0.3 is 0 Å². The molecule has 0 saturated carbocycles. The second-order valence-corrected chi connectivity index (χ2v) is 7.06. The molecule has 0 spiro atoms. The second kappa shape index (κ2) is 9.37.